The second-order valence-electron chi connectivity index (χ2n) is 5.88. The van der Waals surface area contributed by atoms with E-state index in [0.29, 0.717) is 26.6 Å². The zero-order chi connectivity index (χ0) is 20.3. The molecule has 1 N–H and O–H groups in total. The van der Waals surface area contributed by atoms with Gasteiger partial charge in [-0.05, 0) is 37.3 Å². The van der Waals surface area contributed by atoms with E-state index in [1.54, 1.807) is 25.1 Å². The molecule has 1 amide bonds. The third kappa shape index (κ3) is 4.35. The van der Waals surface area contributed by atoms with Crippen molar-refractivity contribution >= 4 is 17.2 Å². The second-order valence-corrected chi connectivity index (χ2v) is 6.95. The third-order valence-corrected chi connectivity index (χ3v) is 5.08. The van der Waals surface area contributed by atoms with Crippen LogP contribution in [0.15, 0.2) is 48.8 Å². The van der Waals surface area contributed by atoms with Crippen LogP contribution in [0.3, 0.4) is 0 Å². The number of alkyl halides is 3. The van der Waals surface area contributed by atoms with E-state index in [4.69, 9.17) is 5.26 Å². The summed E-state index contributed by atoms with van der Waals surface area (Å²) in [6.45, 7) is 1.75. The zero-order valence-electron chi connectivity index (χ0n) is 14.5. The number of aromatic nitrogens is 2. The number of benzene rings is 1. The molecule has 0 radical (unpaired) electrons. The first-order valence-corrected chi connectivity index (χ1v) is 8.90. The SMILES string of the molecule is C[C@H](NC(=O)c1cccc(C#N)c1)c1cnc(-c2ccnc(C(F)(F)F)c2)s1. The van der Waals surface area contributed by atoms with Crippen molar-refractivity contribution in [3.8, 4) is 16.6 Å². The van der Waals surface area contributed by atoms with Crippen molar-refractivity contribution < 1.29 is 18.0 Å². The predicted molar refractivity (Wildman–Crippen MR) is 97.4 cm³/mol. The maximum Gasteiger partial charge on any atom is 0.433 e. The lowest BCUT2D eigenvalue weighted by Crippen LogP contribution is -2.26. The minimum Gasteiger partial charge on any atom is -0.345 e. The summed E-state index contributed by atoms with van der Waals surface area (Å²) in [5.74, 6) is -0.359. The van der Waals surface area contributed by atoms with Gasteiger partial charge in [-0.15, -0.1) is 11.3 Å². The summed E-state index contributed by atoms with van der Waals surface area (Å²) >= 11 is 1.18. The number of hydrogen-bond acceptors (Lipinski definition) is 5. The van der Waals surface area contributed by atoms with Crippen LogP contribution in [0, 0.1) is 11.3 Å². The highest BCUT2D eigenvalue weighted by Gasteiger charge is 2.32. The van der Waals surface area contributed by atoms with Crippen LogP contribution in [0.4, 0.5) is 13.2 Å². The standard InChI is InChI=1S/C19H13F3N4OS/c1-11(26-17(27)13-4-2-3-12(7-13)9-23)15-10-25-18(28-15)14-5-6-24-16(8-14)19(20,21)22/h2-8,10-11H,1H3,(H,26,27)/t11-/m0/s1. The molecule has 9 heteroatoms. The number of carbonyl (C=O) groups excluding carboxylic acids is 1. The number of nitrogens with zero attached hydrogens (tertiary/aromatic N) is 3. The average molecular weight is 402 g/mol. The number of thiazole rings is 1. The van der Waals surface area contributed by atoms with Crippen LogP contribution in [0.25, 0.3) is 10.6 Å². The fraction of sp³-hybridized carbons (Fsp3) is 0.158. The van der Waals surface area contributed by atoms with Gasteiger partial charge in [0.05, 0.1) is 17.7 Å². The summed E-state index contributed by atoms with van der Waals surface area (Å²) in [6.07, 6.45) is -1.92. The molecule has 0 saturated carbocycles. The third-order valence-electron chi connectivity index (χ3n) is 3.85. The van der Waals surface area contributed by atoms with Gasteiger partial charge in [0.2, 0.25) is 0 Å². The summed E-state index contributed by atoms with van der Waals surface area (Å²) in [7, 11) is 0. The molecular formula is C19H13F3N4OS. The maximum atomic E-state index is 12.8. The Kier molecular flexibility index (Phi) is 5.42. The lowest BCUT2D eigenvalue weighted by molar-refractivity contribution is -0.141. The van der Waals surface area contributed by atoms with Crippen LogP contribution >= 0.6 is 11.3 Å². The van der Waals surface area contributed by atoms with E-state index in [2.05, 4.69) is 15.3 Å². The van der Waals surface area contributed by atoms with Gasteiger partial charge in [-0.3, -0.25) is 9.78 Å². The number of nitrogens with one attached hydrogen (secondary N) is 1. The van der Waals surface area contributed by atoms with Crippen molar-refractivity contribution in [1.29, 1.82) is 5.26 Å². The number of amides is 1. The molecule has 3 rings (SSSR count). The Morgan fingerprint density at radius 3 is 2.75 bits per heavy atom. The van der Waals surface area contributed by atoms with Gasteiger partial charge in [0, 0.05) is 28.4 Å². The Bertz CT molecular complexity index is 1060. The molecule has 0 aliphatic carbocycles. The minimum absolute atomic E-state index is 0.304. The molecule has 28 heavy (non-hydrogen) atoms. The van der Waals surface area contributed by atoms with Gasteiger partial charge >= 0.3 is 6.18 Å². The monoisotopic (exact) mass is 402 g/mol. The van der Waals surface area contributed by atoms with Crippen molar-refractivity contribution in [2.45, 2.75) is 19.1 Å². The van der Waals surface area contributed by atoms with E-state index in [1.807, 2.05) is 6.07 Å². The maximum absolute atomic E-state index is 12.8. The van der Waals surface area contributed by atoms with Crippen LogP contribution in [0.2, 0.25) is 0 Å². The Morgan fingerprint density at radius 1 is 1.25 bits per heavy atom. The van der Waals surface area contributed by atoms with Gasteiger partial charge in [0.1, 0.15) is 10.7 Å². The molecular weight excluding hydrogens is 389 g/mol. The fourth-order valence-corrected chi connectivity index (χ4v) is 3.33. The molecule has 0 fully saturated rings. The van der Waals surface area contributed by atoms with Gasteiger partial charge in [-0.2, -0.15) is 18.4 Å². The Hall–Kier alpha value is -3.25. The van der Waals surface area contributed by atoms with Gasteiger partial charge in [-0.1, -0.05) is 6.07 Å². The highest BCUT2D eigenvalue weighted by atomic mass is 32.1. The summed E-state index contributed by atoms with van der Waals surface area (Å²) < 4.78 is 38.5. The first-order chi connectivity index (χ1) is 13.3. The highest BCUT2D eigenvalue weighted by molar-refractivity contribution is 7.15. The van der Waals surface area contributed by atoms with Crippen LogP contribution in [-0.4, -0.2) is 15.9 Å². The molecule has 0 aliphatic rings. The van der Waals surface area contributed by atoms with Crippen molar-refractivity contribution in [1.82, 2.24) is 15.3 Å². The summed E-state index contributed by atoms with van der Waals surface area (Å²) in [6, 6.07) is 10.2. The average Bonchev–Trinajstić information content (AvgIpc) is 3.18. The Labute approximate surface area is 162 Å². The molecule has 0 saturated heterocycles. The van der Waals surface area contributed by atoms with E-state index in [9.17, 15) is 18.0 Å². The first kappa shape index (κ1) is 19.5. The second kappa shape index (κ2) is 7.78. The van der Waals surface area contributed by atoms with Crippen molar-refractivity contribution in [2.75, 3.05) is 0 Å². The zero-order valence-corrected chi connectivity index (χ0v) is 15.3. The van der Waals surface area contributed by atoms with E-state index < -0.39 is 17.9 Å². The van der Waals surface area contributed by atoms with Crippen molar-refractivity contribution in [3.05, 3.63) is 70.5 Å². The van der Waals surface area contributed by atoms with Gasteiger partial charge in [-0.25, -0.2) is 4.98 Å². The van der Waals surface area contributed by atoms with E-state index in [-0.39, 0.29) is 5.91 Å². The number of pyridine rings is 1. The van der Waals surface area contributed by atoms with E-state index in [0.717, 1.165) is 12.3 Å². The quantitative estimate of drug-likeness (QED) is 0.693. The summed E-state index contributed by atoms with van der Waals surface area (Å²) in [5.41, 5.74) is 0.0393. The molecule has 2 aromatic heterocycles. The van der Waals surface area contributed by atoms with E-state index >= 15 is 0 Å². The highest BCUT2D eigenvalue weighted by Crippen LogP contribution is 2.33. The molecule has 2 heterocycles. The van der Waals surface area contributed by atoms with Gasteiger partial charge in [0.25, 0.3) is 5.91 Å². The van der Waals surface area contributed by atoms with Crippen LogP contribution in [0.5, 0.6) is 0 Å². The fourth-order valence-electron chi connectivity index (χ4n) is 2.42. The minimum atomic E-state index is -4.53. The van der Waals surface area contributed by atoms with E-state index in [1.165, 1.54) is 29.7 Å². The molecule has 0 unspecified atom stereocenters. The molecule has 0 aliphatic heterocycles. The Morgan fingerprint density at radius 2 is 2.04 bits per heavy atom. The van der Waals surface area contributed by atoms with Crippen molar-refractivity contribution in [3.63, 3.8) is 0 Å². The predicted octanol–water partition coefficient (Wildman–Crippen LogP) is 4.59. The van der Waals surface area contributed by atoms with Crippen molar-refractivity contribution in [2.24, 2.45) is 0 Å². The molecule has 5 nitrogen and oxygen atoms in total. The topological polar surface area (TPSA) is 78.7 Å². The summed E-state index contributed by atoms with van der Waals surface area (Å²) in [5, 5.41) is 12.1. The smallest absolute Gasteiger partial charge is 0.345 e. The lowest BCUT2D eigenvalue weighted by atomic mass is 10.1. The molecule has 0 bridgehead atoms. The molecule has 1 atom stereocenters. The molecule has 1 aromatic carbocycles. The van der Waals surface area contributed by atoms with Crippen LogP contribution < -0.4 is 5.32 Å². The van der Waals surface area contributed by atoms with Gasteiger partial charge < -0.3 is 5.32 Å². The largest absolute Gasteiger partial charge is 0.433 e. The normalized spacial score (nSPS) is 12.2. The van der Waals surface area contributed by atoms with Gasteiger partial charge in [0.15, 0.2) is 0 Å². The number of hydrogen-bond donors (Lipinski definition) is 1. The van der Waals surface area contributed by atoms with Crippen LogP contribution in [0.1, 0.15) is 39.5 Å². The first-order valence-electron chi connectivity index (χ1n) is 8.08. The summed E-state index contributed by atoms with van der Waals surface area (Å²) in [4.78, 5) is 20.5. The number of carbonyl (C=O) groups is 1. The molecule has 3 aromatic rings. The number of rotatable bonds is 4. The number of nitriles is 1. The van der Waals surface area contributed by atoms with Crippen LogP contribution in [-0.2, 0) is 6.18 Å². The molecule has 0 spiro atoms. The Balaban J connectivity index is 1.76. The lowest BCUT2D eigenvalue weighted by Gasteiger charge is -2.12. The number of halogens is 3. The molecule has 142 valence electrons.